The Bertz CT molecular complexity index is 659. The lowest BCUT2D eigenvalue weighted by molar-refractivity contribution is -0.133. The first-order chi connectivity index (χ1) is 14.0. The highest BCUT2D eigenvalue weighted by Crippen LogP contribution is 2.39. The van der Waals surface area contributed by atoms with Crippen LogP contribution in [0.5, 0.6) is 17.2 Å². The van der Waals surface area contributed by atoms with Gasteiger partial charge >= 0.3 is 0 Å². The number of carbonyl (C=O) groups excluding carboxylic acids is 2. The van der Waals surface area contributed by atoms with Crippen molar-refractivity contribution in [3.63, 3.8) is 0 Å². The minimum Gasteiger partial charge on any atom is -0.490 e. The van der Waals surface area contributed by atoms with E-state index in [2.05, 4.69) is 0 Å². The third-order valence-electron chi connectivity index (χ3n) is 4.60. The second-order valence-electron chi connectivity index (χ2n) is 6.52. The smallest absolute Gasteiger partial charge is 0.254 e. The van der Waals surface area contributed by atoms with Crippen LogP contribution < -0.4 is 14.2 Å². The van der Waals surface area contributed by atoms with Crippen molar-refractivity contribution in [3.05, 3.63) is 17.7 Å². The van der Waals surface area contributed by atoms with E-state index < -0.39 is 0 Å². The van der Waals surface area contributed by atoms with E-state index in [1.54, 1.807) is 29.0 Å². The second-order valence-corrected chi connectivity index (χ2v) is 6.52. The highest BCUT2D eigenvalue weighted by Gasteiger charge is 2.26. The van der Waals surface area contributed by atoms with Crippen molar-refractivity contribution < 1.29 is 28.5 Å². The van der Waals surface area contributed by atoms with Crippen LogP contribution in [0.3, 0.4) is 0 Å². The van der Waals surface area contributed by atoms with E-state index in [0.29, 0.717) is 81.8 Å². The Hall–Kier alpha value is -2.48. The van der Waals surface area contributed by atoms with Gasteiger partial charge in [0, 0.05) is 38.9 Å². The van der Waals surface area contributed by atoms with Crippen molar-refractivity contribution in [2.75, 3.05) is 59.7 Å². The van der Waals surface area contributed by atoms with Gasteiger partial charge in [0.1, 0.15) is 0 Å². The van der Waals surface area contributed by atoms with Crippen LogP contribution in [-0.2, 0) is 9.53 Å². The zero-order valence-corrected chi connectivity index (χ0v) is 17.9. The molecule has 0 bridgehead atoms. The lowest BCUT2D eigenvalue weighted by Gasteiger charge is -2.35. The quantitative estimate of drug-likeness (QED) is 0.591. The summed E-state index contributed by atoms with van der Waals surface area (Å²) in [6, 6.07) is 3.41. The van der Waals surface area contributed by atoms with Crippen molar-refractivity contribution in [2.45, 2.75) is 27.2 Å². The van der Waals surface area contributed by atoms with Crippen molar-refractivity contribution in [2.24, 2.45) is 0 Å². The van der Waals surface area contributed by atoms with E-state index >= 15 is 0 Å². The Balaban J connectivity index is 2.15. The standard InChI is InChI=1S/C21H32N2O6/c1-5-27-17-14-16(15-18(28-6-2)20(17)29-7-3)21(25)23-11-9-22(10-12-23)19(24)8-13-26-4/h14-15H,5-13H2,1-4H3. The maximum atomic E-state index is 13.1. The van der Waals surface area contributed by atoms with Gasteiger partial charge in [-0.3, -0.25) is 9.59 Å². The number of hydrogen-bond acceptors (Lipinski definition) is 6. The zero-order chi connectivity index (χ0) is 21.2. The van der Waals surface area contributed by atoms with Crippen LogP contribution in [0.15, 0.2) is 12.1 Å². The van der Waals surface area contributed by atoms with Crippen LogP contribution in [0, 0.1) is 0 Å². The molecular formula is C21H32N2O6. The monoisotopic (exact) mass is 408 g/mol. The summed E-state index contributed by atoms with van der Waals surface area (Å²) >= 11 is 0. The summed E-state index contributed by atoms with van der Waals surface area (Å²) < 4.78 is 22.1. The normalized spacial score (nSPS) is 13.9. The van der Waals surface area contributed by atoms with Gasteiger partial charge in [-0.05, 0) is 32.9 Å². The van der Waals surface area contributed by atoms with Crippen molar-refractivity contribution in [3.8, 4) is 17.2 Å². The van der Waals surface area contributed by atoms with E-state index in [0.717, 1.165) is 0 Å². The molecule has 1 aliphatic rings. The molecule has 0 unspecified atom stereocenters. The van der Waals surface area contributed by atoms with E-state index in [1.807, 2.05) is 20.8 Å². The number of ether oxygens (including phenoxy) is 4. The van der Waals surface area contributed by atoms with E-state index in [1.165, 1.54) is 0 Å². The third-order valence-corrected chi connectivity index (χ3v) is 4.60. The number of methoxy groups -OCH3 is 1. The molecule has 0 aromatic heterocycles. The average Bonchev–Trinajstić information content (AvgIpc) is 2.74. The number of amides is 2. The molecule has 0 saturated carbocycles. The van der Waals surface area contributed by atoms with Gasteiger partial charge in [-0.2, -0.15) is 0 Å². The Morgan fingerprint density at radius 1 is 0.862 bits per heavy atom. The molecule has 2 rings (SSSR count). The van der Waals surface area contributed by atoms with Crippen molar-refractivity contribution >= 4 is 11.8 Å². The maximum absolute atomic E-state index is 13.1. The van der Waals surface area contributed by atoms with Crippen molar-refractivity contribution in [1.82, 2.24) is 9.80 Å². The van der Waals surface area contributed by atoms with Crippen molar-refractivity contribution in [1.29, 1.82) is 0 Å². The number of carbonyl (C=O) groups is 2. The van der Waals surface area contributed by atoms with Crippen LogP contribution in [-0.4, -0.2) is 81.3 Å². The van der Waals surface area contributed by atoms with Crippen LogP contribution >= 0.6 is 0 Å². The van der Waals surface area contributed by atoms with Crippen LogP contribution in [0.25, 0.3) is 0 Å². The molecule has 1 heterocycles. The molecule has 0 radical (unpaired) electrons. The predicted molar refractivity (Wildman–Crippen MR) is 109 cm³/mol. The van der Waals surface area contributed by atoms with Crippen LogP contribution in [0.2, 0.25) is 0 Å². The lowest BCUT2D eigenvalue weighted by Crippen LogP contribution is -2.50. The zero-order valence-electron chi connectivity index (χ0n) is 17.9. The Labute approximate surface area is 172 Å². The molecule has 1 aromatic carbocycles. The number of nitrogens with zero attached hydrogens (tertiary/aromatic N) is 2. The van der Waals surface area contributed by atoms with Gasteiger partial charge in [0.05, 0.1) is 32.8 Å². The minimum atomic E-state index is -0.112. The summed E-state index contributed by atoms with van der Waals surface area (Å²) in [7, 11) is 1.58. The van der Waals surface area contributed by atoms with Crippen LogP contribution in [0.1, 0.15) is 37.6 Å². The molecule has 1 aromatic rings. The fourth-order valence-electron chi connectivity index (χ4n) is 3.20. The Kier molecular flexibility index (Phi) is 9.05. The summed E-state index contributed by atoms with van der Waals surface area (Å²) in [6.07, 6.45) is 0.360. The highest BCUT2D eigenvalue weighted by molar-refractivity contribution is 5.96. The fraction of sp³-hybridized carbons (Fsp3) is 0.619. The molecule has 1 fully saturated rings. The van der Waals surface area contributed by atoms with Gasteiger partial charge in [0.25, 0.3) is 5.91 Å². The molecule has 8 nitrogen and oxygen atoms in total. The molecule has 0 atom stereocenters. The van der Waals surface area contributed by atoms with Gasteiger partial charge < -0.3 is 28.7 Å². The van der Waals surface area contributed by atoms with Crippen LogP contribution in [0.4, 0.5) is 0 Å². The SMILES string of the molecule is CCOc1cc(C(=O)N2CCN(C(=O)CCOC)CC2)cc(OCC)c1OCC. The number of rotatable bonds is 10. The summed E-state index contributed by atoms with van der Waals surface area (Å²) in [5, 5.41) is 0. The molecular weight excluding hydrogens is 376 g/mol. The molecule has 0 N–H and O–H groups in total. The first-order valence-corrected chi connectivity index (χ1v) is 10.2. The fourth-order valence-corrected chi connectivity index (χ4v) is 3.20. The average molecular weight is 408 g/mol. The second kappa shape index (κ2) is 11.5. The molecule has 29 heavy (non-hydrogen) atoms. The summed E-state index contributed by atoms with van der Waals surface area (Å²) in [4.78, 5) is 28.7. The summed E-state index contributed by atoms with van der Waals surface area (Å²) in [5.74, 6) is 1.45. The molecule has 1 aliphatic heterocycles. The number of hydrogen-bond donors (Lipinski definition) is 0. The highest BCUT2D eigenvalue weighted by atomic mass is 16.5. The molecule has 2 amide bonds. The third kappa shape index (κ3) is 6.00. The van der Waals surface area contributed by atoms with Gasteiger partial charge in [-0.1, -0.05) is 0 Å². The Morgan fingerprint density at radius 3 is 1.86 bits per heavy atom. The van der Waals surface area contributed by atoms with Gasteiger partial charge in [0.2, 0.25) is 11.7 Å². The number of benzene rings is 1. The first-order valence-electron chi connectivity index (χ1n) is 10.2. The van der Waals surface area contributed by atoms with E-state index in [4.69, 9.17) is 18.9 Å². The first kappa shape index (κ1) is 22.8. The van der Waals surface area contributed by atoms with Gasteiger partial charge in [0.15, 0.2) is 11.5 Å². The molecule has 1 saturated heterocycles. The molecule has 162 valence electrons. The Morgan fingerprint density at radius 2 is 1.38 bits per heavy atom. The van der Waals surface area contributed by atoms with E-state index in [9.17, 15) is 9.59 Å². The number of piperazine rings is 1. The van der Waals surface area contributed by atoms with Gasteiger partial charge in [-0.15, -0.1) is 0 Å². The topological polar surface area (TPSA) is 77.5 Å². The van der Waals surface area contributed by atoms with Gasteiger partial charge in [-0.25, -0.2) is 0 Å². The minimum absolute atomic E-state index is 0.0530. The molecule has 8 heteroatoms. The molecule has 0 aliphatic carbocycles. The largest absolute Gasteiger partial charge is 0.490 e. The lowest BCUT2D eigenvalue weighted by atomic mass is 10.1. The van der Waals surface area contributed by atoms with E-state index in [-0.39, 0.29) is 11.8 Å². The predicted octanol–water partition coefficient (Wildman–Crippen LogP) is 2.20. The summed E-state index contributed by atoms with van der Waals surface area (Å²) in [5.41, 5.74) is 0.486. The maximum Gasteiger partial charge on any atom is 0.254 e. The molecule has 0 spiro atoms. The summed E-state index contributed by atoms with van der Waals surface area (Å²) in [6.45, 7) is 9.42.